The number of aliphatic carboxylic acids is 1. The zero-order valence-corrected chi connectivity index (χ0v) is 7.73. The molecule has 0 saturated carbocycles. The molecular formula is C8H14N2O4. The highest BCUT2D eigenvalue weighted by atomic mass is 16.5. The Bertz CT molecular complexity index is 217. The average Bonchev–Trinajstić information content (AvgIpc) is 2.12. The van der Waals surface area contributed by atoms with Crippen LogP contribution in [0.15, 0.2) is 12.8 Å². The van der Waals surface area contributed by atoms with Crippen LogP contribution in [0.1, 0.15) is 12.8 Å². The number of rotatable bonds is 6. The van der Waals surface area contributed by atoms with Gasteiger partial charge in [0.15, 0.2) is 0 Å². The fraction of sp³-hybridized carbons (Fsp3) is 0.500. The molecule has 6 nitrogen and oxygen atoms in total. The maximum absolute atomic E-state index is 10.8. The molecule has 0 unspecified atom stereocenters. The molecule has 0 aromatic heterocycles. The van der Waals surface area contributed by atoms with Gasteiger partial charge in [0.25, 0.3) is 0 Å². The molecule has 1 amide bonds. The minimum atomic E-state index is -1.11. The molecule has 0 aromatic carbocycles. The second-order valence-corrected chi connectivity index (χ2v) is 2.54. The first-order chi connectivity index (χ1) is 6.61. The number of amides is 1. The Morgan fingerprint density at radius 3 is 2.71 bits per heavy atom. The summed E-state index contributed by atoms with van der Waals surface area (Å²) in [6.07, 6.45) is 0.894. The van der Waals surface area contributed by atoms with Crippen molar-refractivity contribution in [2.24, 2.45) is 5.73 Å². The third-order valence-electron chi connectivity index (χ3n) is 1.48. The van der Waals surface area contributed by atoms with Gasteiger partial charge in [-0.2, -0.15) is 0 Å². The summed E-state index contributed by atoms with van der Waals surface area (Å²) in [5.74, 6) is -1.11. The van der Waals surface area contributed by atoms with Crippen LogP contribution in [-0.4, -0.2) is 29.8 Å². The molecule has 0 fully saturated rings. The summed E-state index contributed by atoms with van der Waals surface area (Å²) in [5.41, 5.74) is 5.21. The van der Waals surface area contributed by atoms with Gasteiger partial charge in [0.2, 0.25) is 0 Å². The van der Waals surface area contributed by atoms with Gasteiger partial charge in [0, 0.05) is 0 Å². The topological polar surface area (TPSA) is 102 Å². The first-order valence-electron chi connectivity index (χ1n) is 4.12. The highest BCUT2D eigenvalue weighted by Crippen LogP contribution is 1.97. The van der Waals surface area contributed by atoms with E-state index in [0.29, 0.717) is 13.0 Å². The van der Waals surface area contributed by atoms with Crippen molar-refractivity contribution in [3.05, 3.63) is 12.8 Å². The Morgan fingerprint density at radius 1 is 1.64 bits per heavy atom. The van der Waals surface area contributed by atoms with Crippen molar-refractivity contribution in [1.82, 2.24) is 5.32 Å². The standard InChI is InChI=1S/C8H14N2O4/c1-2-14-8(13)10-6(7(11)12)4-3-5-9/h2,6H,1,3-5,9H2,(H,10,13)(H,11,12)/t6-/m1/s1. The van der Waals surface area contributed by atoms with E-state index < -0.39 is 18.1 Å². The van der Waals surface area contributed by atoms with Crippen molar-refractivity contribution in [2.75, 3.05) is 6.54 Å². The van der Waals surface area contributed by atoms with E-state index in [0.717, 1.165) is 6.26 Å². The van der Waals surface area contributed by atoms with Gasteiger partial charge in [-0.05, 0) is 19.4 Å². The summed E-state index contributed by atoms with van der Waals surface area (Å²) in [4.78, 5) is 21.4. The van der Waals surface area contributed by atoms with Gasteiger partial charge in [-0.1, -0.05) is 6.58 Å². The normalized spacial score (nSPS) is 11.5. The van der Waals surface area contributed by atoms with Crippen molar-refractivity contribution >= 4 is 12.1 Å². The van der Waals surface area contributed by atoms with E-state index in [-0.39, 0.29) is 6.42 Å². The smallest absolute Gasteiger partial charge is 0.412 e. The van der Waals surface area contributed by atoms with Gasteiger partial charge in [0.05, 0.1) is 6.26 Å². The van der Waals surface area contributed by atoms with Crippen molar-refractivity contribution < 1.29 is 19.4 Å². The van der Waals surface area contributed by atoms with Crippen LogP contribution in [0.4, 0.5) is 4.79 Å². The second kappa shape index (κ2) is 6.90. The van der Waals surface area contributed by atoms with Crippen molar-refractivity contribution in [1.29, 1.82) is 0 Å². The summed E-state index contributed by atoms with van der Waals surface area (Å²) >= 11 is 0. The number of nitrogens with one attached hydrogen (secondary N) is 1. The Labute approximate surface area is 81.7 Å². The number of hydrogen-bond donors (Lipinski definition) is 3. The van der Waals surface area contributed by atoms with Crippen LogP contribution >= 0.6 is 0 Å². The van der Waals surface area contributed by atoms with Gasteiger partial charge in [-0.15, -0.1) is 0 Å². The molecule has 6 heteroatoms. The summed E-state index contributed by atoms with van der Waals surface area (Å²) < 4.78 is 4.32. The maximum Gasteiger partial charge on any atom is 0.412 e. The molecule has 0 spiro atoms. The molecule has 0 bridgehead atoms. The molecule has 0 aliphatic carbocycles. The number of hydrogen-bond acceptors (Lipinski definition) is 4. The van der Waals surface area contributed by atoms with Gasteiger partial charge in [-0.25, -0.2) is 9.59 Å². The summed E-state index contributed by atoms with van der Waals surface area (Å²) in [7, 11) is 0. The van der Waals surface area contributed by atoms with Gasteiger partial charge in [0.1, 0.15) is 6.04 Å². The molecule has 0 rings (SSSR count). The van der Waals surface area contributed by atoms with Gasteiger partial charge < -0.3 is 20.9 Å². The van der Waals surface area contributed by atoms with Crippen LogP contribution in [-0.2, 0) is 9.53 Å². The molecule has 0 aromatic rings. The number of carbonyl (C=O) groups excluding carboxylic acids is 1. The number of carbonyl (C=O) groups is 2. The largest absolute Gasteiger partial charge is 0.480 e. The number of ether oxygens (including phenoxy) is 1. The van der Waals surface area contributed by atoms with Crippen LogP contribution in [0.5, 0.6) is 0 Å². The lowest BCUT2D eigenvalue weighted by molar-refractivity contribution is -0.139. The van der Waals surface area contributed by atoms with Crippen LogP contribution in [0.25, 0.3) is 0 Å². The number of carboxylic acid groups (broad SMARTS) is 1. The van der Waals surface area contributed by atoms with Gasteiger partial charge >= 0.3 is 12.1 Å². The number of alkyl carbamates (subject to hydrolysis) is 1. The Hall–Kier alpha value is -1.56. The highest BCUT2D eigenvalue weighted by molar-refractivity contribution is 5.79. The maximum atomic E-state index is 10.8. The molecule has 80 valence electrons. The summed E-state index contributed by atoms with van der Waals surface area (Å²) in [5, 5.41) is 10.8. The third kappa shape index (κ3) is 5.15. The highest BCUT2D eigenvalue weighted by Gasteiger charge is 2.19. The first-order valence-corrected chi connectivity index (χ1v) is 4.12. The van der Waals surface area contributed by atoms with Gasteiger partial charge in [-0.3, -0.25) is 0 Å². The van der Waals surface area contributed by atoms with E-state index in [1.165, 1.54) is 0 Å². The Balaban J connectivity index is 4.01. The van der Waals surface area contributed by atoms with Crippen LogP contribution in [0.2, 0.25) is 0 Å². The van der Waals surface area contributed by atoms with E-state index in [1.54, 1.807) is 0 Å². The van der Waals surface area contributed by atoms with Crippen molar-refractivity contribution in [2.45, 2.75) is 18.9 Å². The minimum absolute atomic E-state index is 0.276. The van der Waals surface area contributed by atoms with Crippen LogP contribution in [0.3, 0.4) is 0 Å². The van der Waals surface area contributed by atoms with Crippen LogP contribution < -0.4 is 11.1 Å². The van der Waals surface area contributed by atoms with E-state index in [9.17, 15) is 9.59 Å². The molecule has 14 heavy (non-hydrogen) atoms. The molecule has 1 atom stereocenters. The monoisotopic (exact) mass is 202 g/mol. The van der Waals surface area contributed by atoms with Crippen LogP contribution in [0, 0.1) is 0 Å². The Morgan fingerprint density at radius 2 is 2.29 bits per heavy atom. The SMILES string of the molecule is C=COC(=O)N[C@H](CCCN)C(=O)O. The van der Waals surface area contributed by atoms with E-state index in [2.05, 4.69) is 16.6 Å². The predicted octanol–water partition coefficient (Wildman–Crippen LogP) is 0.0482. The fourth-order valence-corrected chi connectivity index (χ4v) is 0.831. The molecule has 0 radical (unpaired) electrons. The van der Waals surface area contributed by atoms with Crippen molar-refractivity contribution in [3.8, 4) is 0 Å². The summed E-state index contributed by atoms with van der Waals surface area (Å²) in [6.45, 7) is 3.54. The quantitative estimate of drug-likeness (QED) is 0.528. The fourth-order valence-electron chi connectivity index (χ4n) is 0.831. The molecule has 0 aliphatic heterocycles. The van der Waals surface area contributed by atoms with Crippen molar-refractivity contribution in [3.63, 3.8) is 0 Å². The lowest BCUT2D eigenvalue weighted by Crippen LogP contribution is -2.40. The zero-order valence-electron chi connectivity index (χ0n) is 7.73. The van der Waals surface area contributed by atoms with E-state index in [4.69, 9.17) is 10.8 Å². The first kappa shape index (κ1) is 12.4. The van der Waals surface area contributed by atoms with E-state index in [1.807, 2.05) is 0 Å². The van der Waals surface area contributed by atoms with E-state index >= 15 is 0 Å². The molecule has 0 aliphatic rings. The predicted molar refractivity (Wildman–Crippen MR) is 49.5 cm³/mol. The third-order valence-corrected chi connectivity index (χ3v) is 1.48. The molecule has 0 heterocycles. The zero-order chi connectivity index (χ0) is 11.0. The molecule has 0 saturated heterocycles. The second-order valence-electron chi connectivity index (χ2n) is 2.54. The molecule has 4 N–H and O–H groups in total. The average molecular weight is 202 g/mol. The summed E-state index contributed by atoms with van der Waals surface area (Å²) in [6, 6.07) is -0.967. The lowest BCUT2D eigenvalue weighted by Gasteiger charge is -2.12. The number of carboxylic acids is 1. The minimum Gasteiger partial charge on any atom is -0.480 e. The molecular weight excluding hydrogens is 188 g/mol. The lowest BCUT2D eigenvalue weighted by atomic mass is 10.1. The Kier molecular flexibility index (Phi) is 6.13. The number of nitrogens with two attached hydrogens (primary N) is 1.